The van der Waals surface area contributed by atoms with E-state index in [0.29, 0.717) is 4.47 Å². The molecule has 1 amide bonds. The number of benzene rings is 1. The topological polar surface area (TPSA) is 38.3 Å². The molecule has 0 aliphatic carbocycles. The van der Waals surface area contributed by atoms with Crippen molar-refractivity contribution < 1.29 is 13.9 Å². The van der Waals surface area contributed by atoms with Crippen LogP contribution in [0, 0.1) is 5.82 Å². The average molecular weight is 304 g/mol. The fourth-order valence-electron chi connectivity index (χ4n) is 1.19. The van der Waals surface area contributed by atoms with Gasteiger partial charge in [-0.2, -0.15) is 0 Å². The fraction of sp³-hybridized carbons (Fsp3) is 0.417. The molecule has 0 spiro atoms. The zero-order valence-corrected chi connectivity index (χ0v) is 11.6. The number of ether oxygens (including phenoxy) is 1. The summed E-state index contributed by atoms with van der Waals surface area (Å²) < 4.78 is 19.1. The van der Waals surface area contributed by atoms with E-state index in [0.717, 1.165) is 0 Å². The number of nitrogens with one attached hydrogen (secondary N) is 1. The Labute approximate surface area is 108 Å². The highest BCUT2D eigenvalue weighted by molar-refractivity contribution is 9.10. The number of carbonyl (C=O) groups excluding carboxylic acids is 1. The summed E-state index contributed by atoms with van der Waals surface area (Å²) in [6, 6.07) is 4.42. The molecule has 94 valence electrons. The highest BCUT2D eigenvalue weighted by Gasteiger charge is 2.14. The van der Waals surface area contributed by atoms with Crippen LogP contribution in [0.3, 0.4) is 0 Å². The number of amides is 1. The lowest BCUT2D eigenvalue weighted by Crippen LogP contribution is -2.43. The van der Waals surface area contributed by atoms with Gasteiger partial charge in [-0.3, -0.25) is 4.79 Å². The van der Waals surface area contributed by atoms with Crippen molar-refractivity contribution in [2.45, 2.75) is 26.3 Å². The van der Waals surface area contributed by atoms with Gasteiger partial charge in [0.05, 0.1) is 0 Å². The van der Waals surface area contributed by atoms with Gasteiger partial charge in [-0.15, -0.1) is 0 Å². The maximum atomic E-state index is 13.4. The maximum absolute atomic E-state index is 13.4. The van der Waals surface area contributed by atoms with Crippen LogP contribution in [0.25, 0.3) is 0 Å². The molecule has 0 atom stereocenters. The lowest BCUT2D eigenvalue weighted by molar-refractivity contribution is -0.124. The van der Waals surface area contributed by atoms with Crippen LogP contribution in [0.4, 0.5) is 4.39 Å². The first-order chi connectivity index (χ1) is 7.78. The van der Waals surface area contributed by atoms with Crippen molar-refractivity contribution in [2.75, 3.05) is 6.61 Å². The van der Waals surface area contributed by atoms with Crippen LogP contribution in [-0.2, 0) is 4.79 Å². The van der Waals surface area contributed by atoms with Crippen LogP contribution in [0.1, 0.15) is 20.8 Å². The van der Waals surface area contributed by atoms with Crippen LogP contribution < -0.4 is 10.1 Å². The second-order valence-corrected chi connectivity index (χ2v) is 5.58. The molecule has 1 aromatic carbocycles. The first kappa shape index (κ1) is 14.0. The molecule has 0 saturated carbocycles. The molecule has 0 fully saturated rings. The third-order valence-corrected chi connectivity index (χ3v) is 2.26. The Hall–Kier alpha value is -1.10. The van der Waals surface area contributed by atoms with E-state index in [1.54, 1.807) is 6.07 Å². The third-order valence-electron chi connectivity index (χ3n) is 1.77. The van der Waals surface area contributed by atoms with E-state index in [1.807, 2.05) is 20.8 Å². The van der Waals surface area contributed by atoms with Crippen molar-refractivity contribution in [2.24, 2.45) is 0 Å². The first-order valence-electron chi connectivity index (χ1n) is 5.17. The quantitative estimate of drug-likeness (QED) is 0.932. The normalized spacial score (nSPS) is 11.1. The lowest BCUT2D eigenvalue weighted by atomic mass is 10.1. The summed E-state index contributed by atoms with van der Waals surface area (Å²) in [4.78, 5) is 11.4. The Kier molecular flexibility index (Phi) is 4.51. The van der Waals surface area contributed by atoms with Crippen LogP contribution in [-0.4, -0.2) is 18.1 Å². The molecule has 1 N–H and O–H groups in total. The second kappa shape index (κ2) is 5.49. The van der Waals surface area contributed by atoms with Crippen molar-refractivity contribution >= 4 is 21.8 Å². The molecule has 0 aromatic heterocycles. The van der Waals surface area contributed by atoms with Gasteiger partial charge in [0, 0.05) is 10.0 Å². The van der Waals surface area contributed by atoms with E-state index >= 15 is 0 Å². The molecule has 0 unspecified atom stereocenters. The standard InChI is InChI=1S/C12H15BrFNO2/c1-12(2,3)15-11(16)7-17-10-5-4-8(13)6-9(10)14/h4-6H,7H2,1-3H3,(H,15,16). The zero-order chi connectivity index (χ0) is 13.1. The monoisotopic (exact) mass is 303 g/mol. The molecule has 1 rings (SSSR count). The number of hydrogen-bond donors (Lipinski definition) is 1. The van der Waals surface area contributed by atoms with E-state index in [4.69, 9.17) is 4.74 Å². The van der Waals surface area contributed by atoms with Crippen LogP contribution in [0.5, 0.6) is 5.75 Å². The molecule has 0 aliphatic heterocycles. The molecule has 5 heteroatoms. The second-order valence-electron chi connectivity index (χ2n) is 4.66. The van der Waals surface area contributed by atoms with Gasteiger partial charge in [-0.1, -0.05) is 15.9 Å². The average Bonchev–Trinajstić information content (AvgIpc) is 2.13. The SMILES string of the molecule is CC(C)(C)NC(=O)COc1ccc(Br)cc1F. The highest BCUT2D eigenvalue weighted by Crippen LogP contribution is 2.21. The van der Waals surface area contributed by atoms with Crippen molar-refractivity contribution in [3.63, 3.8) is 0 Å². The van der Waals surface area contributed by atoms with Crippen molar-refractivity contribution in [1.82, 2.24) is 5.32 Å². The minimum atomic E-state index is -0.497. The molecule has 0 heterocycles. The number of hydrogen-bond acceptors (Lipinski definition) is 2. The Morgan fingerprint density at radius 1 is 1.47 bits per heavy atom. The van der Waals surface area contributed by atoms with E-state index in [9.17, 15) is 9.18 Å². The number of rotatable bonds is 3. The lowest BCUT2D eigenvalue weighted by Gasteiger charge is -2.20. The van der Waals surface area contributed by atoms with Gasteiger partial charge in [0.2, 0.25) is 0 Å². The molecule has 0 bridgehead atoms. The predicted octanol–water partition coefficient (Wildman–Crippen LogP) is 2.88. The summed E-state index contributed by atoms with van der Waals surface area (Å²) in [5, 5.41) is 2.72. The minimum absolute atomic E-state index is 0.0669. The smallest absolute Gasteiger partial charge is 0.258 e. The molecule has 0 aliphatic rings. The zero-order valence-electron chi connectivity index (χ0n) is 10.0. The maximum Gasteiger partial charge on any atom is 0.258 e. The summed E-state index contributed by atoms with van der Waals surface area (Å²) >= 11 is 3.14. The molecule has 1 aromatic rings. The van der Waals surface area contributed by atoms with Gasteiger partial charge in [-0.05, 0) is 39.0 Å². The van der Waals surface area contributed by atoms with Gasteiger partial charge in [-0.25, -0.2) is 4.39 Å². The first-order valence-corrected chi connectivity index (χ1v) is 5.96. The molecule has 0 saturated heterocycles. The van der Waals surface area contributed by atoms with Crippen LogP contribution >= 0.6 is 15.9 Å². The van der Waals surface area contributed by atoms with Crippen molar-refractivity contribution in [3.05, 3.63) is 28.5 Å². The van der Waals surface area contributed by atoms with Gasteiger partial charge in [0.25, 0.3) is 5.91 Å². The Morgan fingerprint density at radius 3 is 2.65 bits per heavy atom. The Balaban J connectivity index is 2.53. The number of carbonyl (C=O) groups is 1. The fourth-order valence-corrected chi connectivity index (χ4v) is 1.52. The Morgan fingerprint density at radius 2 is 2.12 bits per heavy atom. The van der Waals surface area contributed by atoms with E-state index in [1.165, 1.54) is 12.1 Å². The van der Waals surface area contributed by atoms with Crippen molar-refractivity contribution in [1.29, 1.82) is 0 Å². The number of halogens is 2. The van der Waals surface area contributed by atoms with Crippen LogP contribution in [0.15, 0.2) is 22.7 Å². The minimum Gasteiger partial charge on any atom is -0.481 e. The van der Waals surface area contributed by atoms with Gasteiger partial charge < -0.3 is 10.1 Å². The summed E-state index contributed by atoms with van der Waals surface area (Å²) in [7, 11) is 0. The van der Waals surface area contributed by atoms with Gasteiger partial charge in [0.15, 0.2) is 18.2 Å². The molecular formula is C12H15BrFNO2. The largest absolute Gasteiger partial charge is 0.481 e. The predicted molar refractivity (Wildman–Crippen MR) is 67.5 cm³/mol. The van der Waals surface area contributed by atoms with E-state index in [-0.39, 0.29) is 23.8 Å². The summed E-state index contributed by atoms with van der Waals surface area (Å²) in [6.45, 7) is 5.40. The third kappa shape index (κ3) is 5.17. The molecule has 3 nitrogen and oxygen atoms in total. The summed E-state index contributed by atoms with van der Waals surface area (Å²) in [5.41, 5.74) is -0.321. The van der Waals surface area contributed by atoms with Gasteiger partial charge >= 0.3 is 0 Å². The van der Waals surface area contributed by atoms with E-state index < -0.39 is 5.82 Å². The molecule has 17 heavy (non-hydrogen) atoms. The molecular weight excluding hydrogens is 289 g/mol. The summed E-state index contributed by atoms with van der Waals surface area (Å²) in [5.74, 6) is -0.708. The van der Waals surface area contributed by atoms with Crippen LogP contribution in [0.2, 0.25) is 0 Å². The summed E-state index contributed by atoms with van der Waals surface area (Å²) in [6.07, 6.45) is 0. The van der Waals surface area contributed by atoms with Gasteiger partial charge in [0.1, 0.15) is 0 Å². The van der Waals surface area contributed by atoms with Crippen molar-refractivity contribution in [3.8, 4) is 5.75 Å². The molecule has 0 radical (unpaired) electrons. The highest BCUT2D eigenvalue weighted by atomic mass is 79.9. The Bertz CT molecular complexity index is 415. The van der Waals surface area contributed by atoms with E-state index in [2.05, 4.69) is 21.2 Å².